The van der Waals surface area contributed by atoms with Crippen LogP contribution in [0.5, 0.6) is 0 Å². The normalized spacial score (nSPS) is 15.0. The third-order valence-corrected chi connectivity index (χ3v) is 5.80. The minimum absolute atomic E-state index is 0.156. The number of nitrogens with one attached hydrogen (secondary N) is 1. The standard InChI is InChI=1S/C20H23N5O2S/c1-14-3-8-17(28-14)20-23-22-18(27-20)13-21-19(26)15-4-6-16(7-5-15)25-11-9-24(2)10-12-25/h3-8H,9-13H2,1-2H3,(H,21,26). The second-order valence-electron chi connectivity index (χ2n) is 6.93. The molecule has 1 aromatic carbocycles. The average Bonchev–Trinajstić information content (AvgIpc) is 3.36. The zero-order valence-corrected chi connectivity index (χ0v) is 16.8. The summed E-state index contributed by atoms with van der Waals surface area (Å²) < 4.78 is 5.64. The van der Waals surface area contributed by atoms with E-state index in [0.717, 1.165) is 36.7 Å². The third-order valence-electron chi connectivity index (χ3n) is 4.82. The molecule has 7 nitrogen and oxygen atoms in total. The minimum atomic E-state index is -0.156. The van der Waals surface area contributed by atoms with Crippen molar-refractivity contribution in [2.45, 2.75) is 13.5 Å². The number of carbonyl (C=O) groups is 1. The molecule has 0 aliphatic carbocycles. The van der Waals surface area contributed by atoms with Crippen LogP contribution in [-0.2, 0) is 6.54 Å². The molecule has 8 heteroatoms. The van der Waals surface area contributed by atoms with E-state index in [1.807, 2.05) is 43.3 Å². The van der Waals surface area contributed by atoms with E-state index >= 15 is 0 Å². The highest BCUT2D eigenvalue weighted by molar-refractivity contribution is 7.15. The lowest BCUT2D eigenvalue weighted by Gasteiger charge is -2.34. The smallest absolute Gasteiger partial charge is 0.257 e. The van der Waals surface area contributed by atoms with Gasteiger partial charge in [-0.3, -0.25) is 4.79 Å². The fraction of sp³-hybridized carbons (Fsp3) is 0.350. The third kappa shape index (κ3) is 4.23. The Hall–Kier alpha value is -2.71. The SMILES string of the molecule is Cc1ccc(-c2nnc(CNC(=O)c3ccc(N4CCN(C)CC4)cc3)o2)s1. The number of aromatic nitrogens is 2. The van der Waals surface area contributed by atoms with Crippen LogP contribution in [-0.4, -0.2) is 54.2 Å². The zero-order valence-electron chi connectivity index (χ0n) is 16.0. The van der Waals surface area contributed by atoms with Gasteiger partial charge in [0, 0.05) is 42.3 Å². The Morgan fingerprint density at radius 3 is 2.54 bits per heavy atom. The van der Waals surface area contributed by atoms with Gasteiger partial charge < -0.3 is 19.5 Å². The van der Waals surface area contributed by atoms with E-state index in [0.29, 0.717) is 17.3 Å². The Labute approximate surface area is 168 Å². The van der Waals surface area contributed by atoms with Gasteiger partial charge in [0.05, 0.1) is 11.4 Å². The lowest BCUT2D eigenvalue weighted by Crippen LogP contribution is -2.44. The van der Waals surface area contributed by atoms with Gasteiger partial charge in [0.1, 0.15) is 0 Å². The number of aryl methyl sites for hydroxylation is 1. The topological polar surface area (TPSA) is 74.5 Å². The first-order valence-electron chi connectivity index (χ1n) is 9.29. The van der Waals surface area contributed by atoms with Crippen LogP contribution in [0.2, 0.25) is 0 Å². The van der Waals surface area contributed by atoms with E-state index in [-0.39, 0.29) is 12.5 Å². The van der Waals surface area contributed by atoms with E-state index < -0.39 is 0 Å². The molecule has 0 atom stereocenters. The quantitative estimate of drug-likeness (QED) is 0.714. The van der Waals surface area contributed by atoms with Crippen LogP contribution in [0.25, 0.3) is 10.8 Å². The number of amides is 1. The molecule has 1 saturated heterocycles. The van der Waals surface area contributed by atoms with Crippen LogP contribution >= 0.6 is 11.3 Å². The molecule has 0 radical (unpaired) electrons. The lowest BCUT2D eigenvalue weighted by atomic mass is 10.1. The van der Waals surface area contributed by atoms with E-state index in [9.17, 15) is 4.79 Å². The van der Waals surface area contributed by atoms with Crippen molar-refractivity contribution in [1.82, 2.24) is 20.4 Å². The molecule has 1 N–H and O–H groups in total. The maximum Gasteiger partial charge on any atom is 0.257 e. The molecule has 28 heavy (non-hydrogen) atoms. The van der Waals surface area contributed by atoms with Crippen molar-refractivity contribution in [2.24, 2.45) is 0 Å². The summed E-state index contributed by atoms with van der Waals surface area (Å²) in [7, 11) is 2.14. The number of hydrogen-bond donors (Lipinski definition) is 1. The molecular weight excluding hydrogens is 374 g/mol. The number of nitrogens with zero attached hydrogens (tertiary/aromatic N) is 4. The van der Waals surface area contributed by atoms with E-state index in [2.05, 4.69) is 32.4 Å². The van der Waals surface area contributed by atoms with Crippen molar-refractivity contribution in [2.75, 3.05) is 38.1 Å². The van der Waals surface area contributed by atoms with Crippen LogP contribution in [0.3, 0.4) is 0 Å². The van der Waals surface area contributed by atoms with Crippen LogP contribution in [0.1, 0.15) is 21.1 Å². The second-order valence-corrected chi connectivity index (χ2v) is 8.22. The Bertz CT molecular complexity index is 942. The Kier molecular flexibility index (Phi) is 5.40. The lowest BCUT2D eigenvalue weighted by molar-refractivity contribution is 0.0947. The summed E-state index contributed by atoms with van der Waals surface area (Å²) in [6.07, 6.45) is 0. The number of rotatable bonds is 5. The number of carbonyl (C=O) groups excluding carboxylic acids is 1. The summed E-state index contributed by atoms with van der Waals surface area (Å²) in [6.45, 7) is 6.35. The molecule has 0 spiro atoms. The molecule has 0 saturated carbocycles. The van der Waals surface area contributed by atoms with Gasteiger partial charge in [-0.25, -0.2) is 0 Å². The molecule has 3 heterocycles. The maximum absolute atomic E-state index is 12.4. The van der Waals surface area contributed by atoms with E-state index in [1.54, 1.807) is 11.3 Å². The van der Waals surface area contributed by atoms with Gasteiger partial charge in [0.25, 0.3) is 11.8 Å². The average molecular weight is 398 g/mol. The van der Waals surface area contributed by atoms with Crippen LogP contribution in [0.15, 0.2) is 40.8 Å². The summed E-state index contributed by atoms with van der Waals surface area (Å²) in [4.78, 5) is 19.2. The van der Waals surface area contributed by atoms with Crippen LogP contribution in [0, 0.1) is 6.92 Å². The van der Waals surface area contributed by atoms with Gasteiger partial charge in [-0.05, 0) is 50.4 Å². The van der Waals surface area contributed by atoms with Crippen LogP contribution in [0.4, 0.5) is 5.69 Å². The summed E-state index contributed by atoms with van der Waals surface area (Å²) in [6, 6.07) is 11.7. The van der Waals surface area contributed by atoms with E-state index in [4.69, 9.17) is 4.42 Å². The van der Waals surface area contributed by atoms with Gasteiger partial charge >= 0.3 is 0 Å². The molecule has 3 aromatic rings. The van der Waals surface area contributed by atoms with Crippen molar-refractivity contribution < 1.29 is 9.21 Å². The number of piperazine rings is 1. The number of hydrogen-bond acceptors (Lipinski definition) is 7. The molecule has 0 bridgehead atoms. The molecule has 0 unspecified atom stereocenters. The first kappa shape index (κ1) is 18.6. The largest absolute Gasteiger partial charge is 0.418 e. The Balaban J connectivity index is 1.33. The fourth-order valence-electron chi connectivity index (χ4n) is 3.12. The van der Waals surface area contributed by atoms with Gasteiger partial charge in [0.15, 0.2) is 0 Å². The summed E-state index contributed by atoms with van der Waals surface area (Å²) in [5.41, 5.74) is 1.77. The molecule has 146 valence electrons. The molecule has 1 fully saturated rings. The Morgan fingerprint density at radius 2 is 1.86 bits per heavy atom. The second kappa shape index (κ2) is 8.12. The highest BCUT2D eigenvalue weighted by Crippen LogP contribution is 2.26. The summed E-state index contributed by atoms with van der Waals surface area (Å²) in [5, 5.41) is 10.9. The molecule has 4 rings (SSSR count). The first-order chi connectivity index (χ1) is 13.6. The molecular formula is C20H23N5O2S. The van der Waals surface area contributed by atoms with Crippen molar-refractivity contribution in [3.8, 4) is 10.8 Å². The number of anilines is 1. The van der Waals surface area contributed by atoms with Crippen molar-refractivity contribution >= 4 is 22.9 Å². The number of likely N-dealkylation sites (N-methyl/N-ethyl adjacent to an activating group) is 1. The molecule has 1 aliphatic heterocycles. The van der Waals surface area contributed by atoms with Gasteiger partial charge in [-0.1, -0.05) is 0 Å². The molecule has 2 aromatic heterocycles. The van der Waals surface area contributed by atoms with Gasteiger partial charge in [0.2, 0.25) is 5.89 Å². The monoisotopic (exact) mass is 397 g/mol. The van der Waals surface area contributed by atoms with Crippen molar-refractivity contribution in [1.29, 1.82) is 0 Å². The summed E-state index contributed by atoms with van der Waals surface area (Å²) >= 11 is 1.60. The molecule has 1 amide bonds. The molecule has 1 aliphatic rings. The Morgan fingerprint density at radius 1 is 1.11 bits per heavy atom. The number of thiophene rings is 1. The van der Waals surface area contributed by atoms with E-state index in [1.165, 1.54) is 4.88 Å². The summed E-state index contributed by atoms with van der Waals surface area (Å²) in [5.74, 6) is 0.721. The van der Waals surface area contributed by atoms with Crippen LogP contribution < -0.4 is 10.2 Å². The highest BCUT2D eigenvalue weighted by atomic mass is 32.1. The first-order valence-corrected chi connectivity index (χ1v) is 10.1. The maximum atomic E-state index is 12.4. The minimum Gasteiger partial charge on any atom is -0.418 e. The zero-order chi connectivity index (χ0) is 19.5. The fourth-order valence-corrected chi connectivity index (χ4v) is 3.91. The predicted molar refractivity (Wildman–Crippen MR) is 110 cm³/mol. The predicted octanol–water partition coefficient (Wildman–Crippen LogP) is 2.79. The van der Waals surface area contributed by atoms with Crippen molar-refractivity contribution in [3.05, 3.63) is 52.7 Å². The van der Waals surface area contributed by atoms with Crippen molar-refractivity contribution in [3.63, 3.8) is 0 Å². The number of benzene rings is 1. The highest BCUT2D eigenvalue weighted by Gasteiger charge is 2.15. The van der Waals surface area contributed by atoms with Gasteiger partial charge in [-0.15, -0.1) is 21.5 Å². The van der Waals surface area contributed by atoms with Gasteiger partial charge in [-0.2, -0.15) is 0 Å².